The summed E-state index contributed by atoms with van der Waals surface area (Å²) in [4.78, 5) is 3.93. The van der Waals surface area contributed by atoms with E-state index in [0.717, 1.165) is 6.07 Å². The molecule has 0 aliphatic heterocycles. The van der Waals surface area contributed by atoms with Crippen LogP contribution in [0.4, 0.5) is 13.9 Å². The Hall–Kier alpha value is -1.01. The Bertz CT molecular complexity index is 513. The van der Waals surface area contributed by atoms with Gasteiger partial charge in [-0.15, -0.1) is 11.3 Å². The van der Waals surface area contributed by atoms with Crippen LogP contribution in [0.2, 0.25) is 0 Å². The highest BCUT2D eigenvalue weighted by Crippen LogP contribution is 2.29. The number of hydrogen-bond donors (Lipinski definition) is 1. The number of nitrogen functional groups attached to an aromatic ring is 1. The molecule has 78 valence electrons. The van der Waals surface area contributed by atoms with Gasteiger partial charge in [0.05, 0.1) is 10.2 Å². The maximum absolute atomic E-state index is 13.4. The predicted molar refractivity (Wildman–Crippen MR) is 59.6 cm³/mol. The van der Waals surface area contributed by atoms with Crippen LogP contribution >= 0.6 is 27.3 Å². The summed E-state index contributed by atoms with van der Waals surface area (Å²) in [5.74, 6) is -1.29. The first kappa shape index (κ1) is 10.5. The second-order valence-corrected chi connectivity index (χ2v) is 4.56. The van der Waals surface area contributed by atoms with Crippen LogP contribution in [-0.4, -0.2) is 4.98 Å². The number of benzene rings is 1. The quantitative estimate of drug-likeness (QED) is 0.817. The molecule has 0 saturated carbocycles. The van der Waals surface area contributed by atoms with Crippen LogP contribution in [0, 0.1) is 11.6 Å². The fourth-order valence-corrected chi connectivity index (χ4v) is 2.04. The maximum atomic E-state index is 13.4. The third-order valence-corrected chi connectivity index (χ3v) is 3.09. The second-order valence-electron chi connectivity index (χ2n) is 2.82. The van der Waals surface area contributed by atoms with Crippen molar-refractivity contribution >= 4 is 32.4 Å². The molecule has 1 heterocycles. The highest BCUT2D eigenvalue weighted by atomic mass is 79.9. The number of aromatic nitrogens is 1. The van der Waals surface area contributed by atoms with Crippen molar-refractivity contribution in [2.24, 2.45) is 0 Å². The SMILES string of the molecule is Nc1nc(-c2cc(Br)c(F)cc2F)cs1. The molecule has 0 bridgehead atoms. The van der Waals surface area contributed by atoms with Crippen LogP contribution in [0.1, 0.15) is 0 Å². The molecule has 1 aromatic carbocycles. The lowest BCUT2D eigenvalue weighted by Crippen LogP contribution is -1.89. The standard InChI is InChI=1S/C9H5BrF2N2S/c10-5-1-4(6(11)2-7(5)12)8-3-15-9(13)14-8/h1-3H,(H2,13,14). The normalized spacial score (nSPS) is 10.6. The van der Waals surface area contributed by atoms with Crippen molar-refractivity contribution in [1.82, 2.24) is 4.98 Å². The third kappa shape index (κ3) is 2.00. The van der Waals surface area contributed by atoms with E-state index in [9.17, 15) is 8.78 Å². The van der Waals surface area contributed by atoms with Gasteiger partial charge < -0.3 is 5.73 Å². The van der Waals surface area contributed by atoms with Gasteiger partial charge in [0.25, 0.3) is 0 Å². The van der Waals surface area contributed by atoms with Gasteiger partial charge >= 0.3 is 0 Å². The average molecular weight is 291 g/mol. The van der Waals surface area contributed by atoms with Gasteiger partial charge in [0, 0.05) is 17.0 Å². The molecule has 0 saturated heterocycles. The fourth-order valence-electron chi connectivity index (χ4n) is 1.13. The van der Waals surface area contributed by atoms with Gasteiger partial charge in [0.1, 0.15) is 11.6 Å². The van der Waals surface area contributed by atoms with E-state index in [-0.39, 0.29) is 10.0 Å². The molecule has 15 heavy (non-hydrogen) atoms. The summed E-state index contributed by atoms with van der Waals surface area (Å²) >= 11 is 4.20. The molecule has 2 aromatic rings. The number of anilines is 1. The zero-order chi connectivity index (χ0) is 11.0. The molecule has 6 heteroatoms. The average Bonchev–Trinajstić information content (AvgIpc) is 2.58. The van der Waals surface area contributed by atoms with E-state index >= 15 is 0 Å². The van der Waals surface area contributed by atoms with Crippen LogP contribution < -0.4 is 5.73 Å². The summed E-state index contributed by atoms with van der Waals surface area (Å²) < 4.78 is 26.5. The van der Waals surface area contributed by atoms with Gasteiger partial charge in [-0.3, -0.25) is 0 Å². The van der Waals surface area contributed by atoms with E-state index in [1.807, 2.05) is 0 Å². The van der Waals surface area contributed by atoms with Crippen molar-refractivity contribution in [3.8, 4) is 11.3 Å². The van der Waals surface area contributed by atoms with Gasteiger partial charge in [0.2, 0.25) is 0 Å². The van der Waals surface area contributed by atoms with Crippen molar-refractivity contribution in [2.75, 3.05) is 5.73 Å². The molecule has 2 N–H and O–H groups in total. The van der Waals surface area contributed by atoms with Gasteiger partial charge in [-0.05, 0) is 22.0 Å². The summed E-state index contributed by atoms with van der Waals surface area (Å²) in [6.07, 6.45) is 0. The molecule has 0 atom stereocenters. The summed E-state index contributed by atoms with van der Waals surface area (Å²) in [7, 11) is 0. The van der Waals surface area contributed by atoms with E-state index in [0.29, 0.717) is 10.8 Å². The van der Waals surface area contributed by atoms with Crippen LogP contribution in [0.25, 0.3) is 11.3 Å². The molecule has 2 rings (SSSR count). The second kappa shape index (κ2) is 3.86. The molecular weight excluding hydrogens is 286 g/mol. The Balaban J connectivity index is 2.58. The van der Waals surface area contributed by atoms with E-state index in [2.05, 4.69) is 20.9 Å². The van der Waals surface area contributed by atoms with Gasteiger partial charge in [-0.25, -0.2) is 13.8 Å². The van der Waals surface area contributed by atoms with Crippen molar-refractivity contribution in [1.29, 1.82) is 0 Å². The number of thiazole rings is 1. The van der Waals surface area contributed by atoms with Crippen LogP contribution in [-0.2, 0) is 0 Å². The molecule has 2 nitrogen and oxygen atoms in total. The summed E-state index contributed by atoms with van der Waals surface area (Å²) in [6.45, 7) is 0. The number of rotatable bonds is 1. The third-order valence-electron chi connectivity index (χ3n) is 1.81. The number of nitrogens with two attached hydrogens (primary N) is 1. The van der Waals surface area contributed by atoms with Crippen molar-refractivity contribution in [3.63, 3.8) is 0 Å². The minimum atomic E-state index is -0.652. The highest BCUT2D eigenvalue weighted by Gasteiger charge is 2.12. The first-order valence-corrected chi connectivity index (χ1v) is 5.61. The monoisotopic (exact) mass is 290 g/mol. The highest BCUT2D eigenvalue weighted by molar-refractivity contribution is 9.10. The minimum Gasteiger partial charge on any atom is -0.375 e. The lowest BCUT2D eigenvalue weighted by molar-refractivity contribution is 0.581. The summed E-state index contributed by atoms with van der Waals surface area (Å²) in [5.41, 5.74) is 6.08. The van der Waals surface area contributed by atoms with E-state index in [1.165, 1.54) is 17.4 Å². The van der Waals surface area contributed by atoms with Gasteiger partial charge in [0.15, 0.2) is 5.13 Å². The molecule has 0 fully saturated rings. The molecule has 0 spiro atoms. The largest absolute Gasteiger partial charge is 0.375 e. The Morgan fingerprint density at radius 2 is 2.00 bits per heavy atom. The topological polar surface area (TPSA) is 38.9 Å². The van der Waals surface area contributed by atoms with Crippen molar-refractivity contribution in [3.05, 3.63) is 33.6 Å². The Morgan fingerprint density at radius 1 is 1.27 bits per heavy atom. The van der Waals surface area contributed by atoms with Crippen molar-refractivity contribution in [2.45, 2.75) is 0 Å². The number of halogens is 3. The Morgan fingerprint density at radius 3 is 2.60 bits per heavy atom. The van der Waals surface area contributed by atoms with E-state index in [1.54, 1.807) is 5.38 Å². The Kier molecular flexibility index (Phi) is 2.70. The zero-order valence-electron chi connectivity index (χ0n) is 7.30. The molecule has 0 amide bonds. The van der Waals surface area contributed by atoms with Gasteiger partial charge in [-0.2, -0.15) is 0 Å². The number of hydrogen-bond acceptors (Lipinski definition) is 3. The van der Waals surface area contributed by atoms with Crippen molar-refractivity contribution < 1.29 is 8.78 Å². The van der Waals surface area contributed by atoms with Crippen LogP contribution in [0.15, 0.2) is 22.0 Å². The lowest BCUT2D eigenvalue weighted by atomic mass is 10.1. The summed E-state index contributed by atoms with van der Waals surface area (Å²) in [6, 6.07) is 2.16. The molecule has 0 unspecified atom stereocenters. The lowest BCUT2D eigenvalue weighted by Gasteiger charge is -2.01. The van der Waals surface area contributed by atoms with Crippen LogP contribution in [0.3, 0.4) is 0 Å². The predicted octanol–water partition coefficient (Wildman–Crippen LogP) is 3.43. The Labute approximate surface area is 96.9 Å². The van der Waals surface area contributed by atoms with Gasteiger partial charge in [-0.1, -0.05) is 0 Å². The van der Waals surface area contributed by atoms with E-state index < -0.39 is 11.6 Å². The first-order chi connectivity index (χ1) is 7.08. The smallest absolute Gasteiger partial charge is 0.180 e. The van der Waals surface area contributed by atoms with E-state index in [4.69, 9.17) is 5.73 Å². The number of nitrogens with zero attached hydrogens (tertiary/aromatic N) is 1. The first-order valence-electron chi connectivity index (χ1n) is 3.94. The maximum Gasteiger partial charge on any atom is 0.180 e. The minimum absolute atomic E-state index is 0.200. The molecule has 1 aromatic heterocycles. The zero-order valence-corrected chi connectivity index (χ0v) is 9.70. The molecule has 0 aliphatic rings. The molecular formula is C9H5BrF2N2S. The fraction of sp³-hybridized carbons (Fsp3) is 0. The summed E-state index contributed by atoms with van der Waals surface area (Å²) in [5, 5.41) is 1.97. The molecule has 0 radical (unpaired) electrons. The van der Waals surface area contributed by atoms with Crippen LogP contribution in [0.5, 0.6) is 0 Å². The molecule has 0 aliphatic carbocycles.